The van der Waals surface area contributed by atoms with Gasteiger partial charge in [0.1, 0.15) is 5.65 Å². The summed E-state index contributed by atoms with van der Waals surface area (Å²) in [6.45, 7) is 65.5. The first-order chi connectivity index (χ1) is 39.3. The standard InChI is InChI=1S/C12H23N.2C11H14N2.C10H15N.C9H13NO.C8H19N.C7H14O2.C6H15N.CH4/c1-12(2,3)10-6-8-13(9-7-10)11-4-5-11;1-11(2,3)13-8-6-9-5-4-7-12-10(9)13;1-11(2,3)13-8-12-9-6-4-5-7-10(9)13;1-8-5-6-9(7-11-8)10(2,3)4;1-9(2,3)10-7-5-4-6-8(10)11;1-6-9(7-2)8(3,4)5;1-7(2,3)6-8-4-5-9-6;1-6(2,3)7(4)5;/h10-11H,4-9H2,1-3H3;2*4-8H,1-3H3;5-7H,1-4H3;4-7H,1-3H3;6-7H2,1-5H3;6H,4-5H2,1-3H3;1-5H3;1H4. The molecule has 0 bridgehead atoms. The summed E-state index contributed by atoms with van der Waals surface area (Å²) in [5.41, 5.74) is 7.45. The number of hydrogen-bond donors (Lipinski definition) is 0. The third kappa shape index (κ3) is 29.2. The van der Waals surface area contributed by atoms with Gasteiger partial charge in [-0.1, -0.05) is 108 Å². The molecule has 3 fully saturated rings. The summed E-state index contributed by atoms with van der Waals surface area (Å²) in [5.74, 6) is 0.961. The lowest BCUT2D eigenvalue weighted by atomic mass is 9.75. The monoisotopic (exact) mass is 1210 g/mol. The van der Waals surface area contributed by atoms with Crippen LogP contribution in [0.2, 0.25) is 0 Å². The molecular formula is C75H131N9O3. The van der Waals surface area contributed by atoms with Gasteiger partial charge in [0.2, 0.25) is 0 Å². The summed E-state index contributed by atoms with van der Waals surface area (Å²) < 4.78 is 16.7. The van der Waals surface area contributed by atoms with Crippen LogP contribution >= 0.6 is 0 Å². The van der Waals surface area contributed by atoms with Gasteiger partial charge in [0.15, 0.2) is 6.29 Å². The first-order valence-corrected chi connectivity index (χ1v) is 32.2. The van der Waals surface area contributed by atoms with E-state index in [1.165, 1.54) is 55.2 Å². The number of nitrogens with zero attached hydrogens (tertiary/aromatic N) is 9. The van der Waals surface area contributed by atoms with Crippen molar-refractivity contribution in [2.45, 2.75) is 265 Å². The summed E-state index contributed by atoms with van der Waals surface area (Å²) in [6.07, 6.45) is 15.4. The van der Waals surface area contributed by atoms with E-state index in [-0.39, 0.29) is 46.7 Å². The van der Waals surface area contributed by atoms with Crippen LogP contribution in [-0.4, -0.2) is 120 Å². The van der Waals surface area contributed by atoms with Gasteiger partial charge in [-0.3, -0.25) is 14.7 Å². The van der Waals surface area contributed by atoms with Crippen molar-refractivity contribution in [2.24, 2.45) is 16.7 Å². The highest BCUT2D eigenvalue weighted by Crippen LogP contribution is 2.38. The lowest BCUT2D eigenvalue weighted by molar-refractivity contribution is -0.112. The van der Waals surface area contributed by atoms with E-state index in [4.69, 9.17) is 9.47 Å². The molecule has 7 heterocycles. The summed E-state index contributed by atoms with van der Waals surface area (Å²) in [7, 11) is 4.17. The molecule has 494 valence electrons. The smallest absolute Gasteiger partial charge is 0.250 e. The molecule has 0 spiro atoms. The highest BCUT2D eigenvalue weighted by Gasteiger charge is 2.35. The lowest BCUT2D eigenvalue weighted by Gasteiger charge is -2.38. The van der Waals surface area contributed by atoms with E-state index in [1.807, 2.05) is 82.9 Å². The number of hydrogen-bond acceptors (Lipinski definition) is 9. The van der Waals surface area contributed by atoms with Crippen LogP contribution in [0.3, 0.4) is 0 Å². The van der Waals surface area contributed by atoms with Crippen LogP contribution in [0, 0.1) is 23.7 Å². The fourth-order valence-electron chi connectivity index (χ4n) is 9.50. The Kier molecular flexibility index (Phi) is 31.8. The van der Waals surface area contributed by atoms with Gasteiger partial charge in [0.05, 0.1) is 30.6 Å². The molecule has 0 unspecified atom stereocenters. The second kappa shape index (κ2) is 34.5. The van der Waals surface area contributed by atoms with E-state index in [9.17, 15) is 4.79 Å². The van der Waals surface area contributed by atoms with Crippen molar-refractivity contribution in [2.75, 3.05) is 53.5 Å². The Bertz CT molecular complexity index is 2760. The first-order valence-electron chi connectivity index (χ1n) is 32.2. The molecule has 0 amide bonds. The first kappa shape index (κ1) is 80.3. The minimum atomic E-state index is -0.113. The van der Waals surface area contributed by atoms with E-state index >= 15 is 0 Å². The van der Waals surface area contributed by atoms with E-state index in [1.54, 1.807) is 16.7 Å². The van der Waals surface area contributed by atoms with Gasteiger partial charge >= 0.3 is 0 Å². The Balaban J connectivity index is 0.000000500. The highest BCUT2D eigenvalue weighted by atomic mass is 16.7. The highest BCUT2D eigenvalue weighted by molar-refractivity contribution is 5.76. The SMILES string of the molecule is C.CC(C)(C)C1CCN(C2CC2)CC1.CC(C)(C)C1OCCO1.CC(C)(C)n1ccc2cccnc21.CC(C)(C)n1ccccc1=O.CC(C)(C)n1cnc2ccccc21.CCN(CC)C(C)(C)C.CN(C)C(C)(C)C.Cc1ccc(C(C)(C)C)cn1. The Labute approximate surface area is 533 Å². The number of imidazole rings is 1. The Hall–Kier alpha value is -4.72. The molecule has 6 aromatic rings. The van der Waals surface area contributed by atoms with E-state index in [2.05, 4.69) is 249 Å². The average molecular weight is 1210 g/mol. The number of aryl methyl sites for hydroxylation is 1. The maximum Gasteiger partial charge on any atom is 0.250 e. The number of rotatable bonds is 3. The molecule has 12 heteroatoms. The molecule has 2 aliphatic heterocycles. The van der Waals surface area contributed by atoms with Crippen LogP contribution in [0.1, 0.15) is 224 Å². The van der Waals surface area contributed by atoms with Crippen molar-refractivity contribution in [3.05, 3.63) is 126 Å². The van der Waals surface area contributed by atoms with Crippen LogP contribution in [0.15, 0.2) is 109 Å². The van der Waals surface area contributed by atoms with Crippen molar-refractivity contribution in [1.29, 1.82) is 0 Å². The molecule has 87 heavy (non-hydrogen) atoms. The molecule has 3 aliphatic rings. The zero-order chi connectivity index (χ0) is 65.9. The number of para-hydroxylation sites is 2. The number of ether oxygens (including phenoxy) is 2. The van der Waals surface area contributed by atoms with Gasteiger partial charge in [-0.2, -0.15) is 0 Å². The second-order valence-electron chi connectivity index (χ2n) is 31.8. The Morgan fingerprint density at radius 2 is 1.07 bits per heavy atom. The normalized spacial score (nSPS) is 15.5. The van der Waals surface area contributed by atoms with Gasteiger partial charge in [-0.15, -0.1) is 0 Å². The van der Waals surface area contributed by atoms with Gasteiger partial charge < -0.3 is 33.0 Å². The fraction of sp³-hybridized carbons (Fsp3) is 0.680. The van der Waals surface area contributed by atoms with E-state index in [0.29, 0.717) is 16.5 Å². The van der Waals surface area contributed by atoms with Crippen molar-refractivity contribution >= 4 is 22.1 Å². The summed E-state index contributed by atoms with van der Waals surface area (Å²) in [6, 6.07) is 24.7. The quantitative estimate of drug-likeness (QED) is 0.172. The summed E-state index contributed by atoms with van der Waals surface area (Å²) in [4.78, 5) is 31.5. The fourth-order valence-corrected chi connectivity index (χ4v) is 9.50. The van der Waals surface area contributed by atoms with Crippen molar-refractivity contribution in [3.63, 3.8) is 0 Å². The maximum atomic E-state index is 11.2. The summed E-state index contributed by atoms with van der Waals surface area (Å²) in [5, 5.41) is 1.21. The second-order valence-corrected chi connectivity index (χ2v) is 31.8. The zero-order valence-corrected chi connectivity index (χ0v) is 60.4. The van der Waals surface area contributed by atoms with Crippen LogP contribution < -0.4 is 5.56 Å². The van der Waals surface area contributed by atoms with Gasteiger partial charge in [-0.25, -0.2) is 9.97 Å². The molecular weight excluding hydrogens is 1070 g/mol. The van der Waals surface area contributed by atoms with Crippen molar-refractivity contribution < 1.29 is 9.47 Å². The van der Waals surface area contributed by atoms with E-state index < -0.39 is 0 Å². The molecule has 12 nitrogen and oxygen atoms in total. The number of fused-ring (bicyclic) bond motifs is 2. The van der Waals surface area contributed by atoms with Crippen LogP contribution in [0.25, 0.3) is 22.1 Å². The third-order valence-electron chi connectivity index (χ3n) is 15.9. The Morgan fingerprint density at radius 3 is 1.45 bits per heavy atom. The van der Waals surface area contributed by atoms with Gasteiger partial charge in [0.25, 0.3) is 5.56 Å². The van der Waals surface area contributed by atoms with Crippen LogP contribution in [0.5, 0.6) is 0 Å². The van der Waals surface area contributed by atoms with Crippen molar-refractivity contribution in [1.82, 2.24) is 43.4 Å². The summed E-state index contributed by atoms with van der Waals surface area (Å²) >= 11 is 0. The number of aromatic nitrogens is 6. The molecule has 1 saturated carbocycles. The lowest BCUT2D eigenvalue weighted by Crippen LogP contribution is -2.40. The molecule has 1 aliphatic carbocycles. The van der Waals surface area contributed by atoms with Crippen LogP contribution in [0.4, 0.5) is 0 Å². The number of benzene rings is 1. The predicted molar refractivity (Wildman–Crippen MR) is 378 cm³/mol. The maximum absolute atomic E-state index is 11.2. The molecule has 1 aromatic carbocycles. The van der Waals surface area contributed by atoms with Crippen LogP contribution in [-0.2, 0) is 31.5 Å². The number of pyridine rings is 3. The number of piperidine rings is 1. The predicted octanol–water partition coefficient (Wildman–Crippen LogP) is 18.3. The molecule has 0 N–H and O–H groups in total. The molecule has 0 atom stereocenters. The number of likely N-dealkylation sites (tertiary alicyclic amines) is 1. The minimum Gasteiger partial charge on any atom is -0.350 e. The molecule has 5 aromatic heterocycles. The van der Waals surface area contributed by atoms with E-state index in [0.717, 1.165) is 55.1 Å². The van der Waals surface area contributed by atoms with Crippen molar-refractivity contribution in [3.8, 4) is 0 Å². The third-order valence-corrected chi connectivity index (χ3v) is 15.9. The largest absolute Gasteiger partial charge is 0.350 e. The topological polar surface area (TPSA) is 98.7 Å². The van der Waals surface area contributed by atoms with Gasteiger partial charge in [0, 0.05) is 81.1 Å². The molecule has 0 radical (unpaired) electrons. The molecule has 9 rings (SSSR count). The Morgan fingerprint density at radius 1 is 0.552 bits per heavy atom. The van der Waals surface area contributed by atoms with Gasteiger partial charge in [-0.05, 0) is 242 Å². The molecule has 2 saturated heterocycles. The average Bonchev–Trinajstić information content (AvgIpc) is 1.89. The minimum absolute atomic E-state index is 0. The zero-order valence-electron chi connectivity index (χ0n) is 60.4.